The zero-order chi connectivity index (χ0) is 20.1. The summed E-state index contributed by atoms with van der Waals surface area (Å²) in [5.74, 6) is 0.925. The molecule has 1 aromatic heterocycles. The van der Waals surface area contributed by atoms with E-state index in [-0.39, 0.29) is 17.8 Å². The lowest BCUT2D eigenvalue weighted by atomic mass is 10.1. The lowest BCUT2D eigenvalue weighted by Gasteiger charge is -2.11. The van der Waals surface area contributed by atoms with Gasteiger partial charge in [0.1, 0.15) is 12.1 Å². The fraction of sp³-hybridized carbons (Fsp3) is 0.286. The number of ether oxygens (including phenoxy) is 1. The first-order valence-electron chi connectivity index (χ1n) is 9.09. The number of anilines is 1. The molecule has 146 valence electrons. The Morgan fingerprint density at radius 3 is 2.57 bits per heavy atom. The van der Waals surface area contributed by atoms with Crippen LogP contribution < -0.4 is 10.1 Å². The molecule has 7 heteroatoms. The number of rotatable bonds is 7. The van der Waals surface area contributed by atoms with Crippen LogP contribution in [0.2, 0.25) is 0 Å². The Balaban J connectivity index is 1.59. The zero-order valence-electron chi connectivity index (χ0n) is 16.5. The van der Waals surface area contributed by atoms with Crippen LogP contribution in [-0.2, 0) is 4.79 Å². The van der Waals surface area contributed by atoms with Crippen molar-refractivity contribution in [2.45, 2.75) is 39.0 Å². The molecule has 6 nitrogen and oxygen atoms in total. The van der Waals surface area contributed by atoms with Crippen LogP contribution in [0.25, 0.3) is 5.69 Å². The molecular weight excluding hydrogens is 372 g/mol. The van der Waals surface area contributed by atoms with Gasteiger partial charge in [0.15, 0.2) is 5.16 Å². The molecule has 0 bridgehead atoms. The second kappa shape index (κ2) is 8.93. The van der Waals surface area contributed by atoms with Gasteiger partial charge in [0.05, 0.1) is 11.9 Å². The normalized spacial score (nSPS) is 10.9. The lowest BCUT2D eigenvalue weighted by Crippen LogP contribution is -2.14. The number of aryl methyl sites for hydroxylation is 2. The molecule has 0 atom stereocenters. The summed E-state index contributed by atoms with van der Waals surface area (Å²) < 4.78 is 7.50. The van der Waals surface area contributed by atoms with E-state index in [1.165, 1.54) is 22.9 Å². The monoisotopic (exact) mass is 396 g/mol. The number of nitrogens with one attached hydrogen (secondary N) is 1. The Morgan fingerprint density at radius 2 is 1.89 bits per heavy atom. The number of amides is 1. The fourth-order valence-corrected chi connectivity index (χ4v) is 3.32. The van der Waals surface area contributed by atoms with Crippen LogP contribution in [0.3, 0.4) is 0 Å². The predicted molar refractivity (Wildman–Crippen MR) is 112 cm³/mol. The van der Waals surface area contributed by atoms with Gasteiger partial charge in [-0.2, -0.15) is 0 Å². The van der Waals surface area contributed by atoms with E-state index in [9.17, 15) is 4.79 Å². The van der Waals surface area contributed by atoms with E-state index in [0.717, 1.165) is 17.1 Å². The van der Waals surface area contributed by atoms with Crippen LogP contribution in [0.1, 0.15) is 25.0 Å². The smallest absolute Gasteiger partial charge is 0.234 e. The van der Waals surface area contributed by atoms with Crippen molar-refractivity contribution in [1.29, 1.82) is 0 Å². The zero-order valence-corrected chi connectivity index (χ0v) is 17.3. The van der Waals surface area contributed by atoms with Crippen LogP contribution in [-0.4, -0.2) is 32.5 Å². The van der Waals surface area contributed by atoms with Crippen molar-refractivity contribution in [3.05, 3.63) is 59.9 Å². The minimum Gasteiger partial charge on any atom is -0.491 e. The number of aromatic nitrogens is 3. The molecule has 0 aliphatic heterocycles. The highest BCUT2D eigenvalue weighted by Gasteiger charge is 2.11. The van der Waals surface area contributed by atoms with Crippen molar-refractivity contribution < 1.29 is 9.53 Å². The first kappa shape index (κ1) is 19.9. The molecule has 1 amide bonds. The summed E-state index contributed by atoms with van der Waals surface area (Å²) in [6.07, 6.45) is 1.78. The lowest BCUT2D eigenvalue weighted by molar-refractivity contribution is -0.113. The molecule has 0 radical (unpaired) electrons. The summed E-state index contributed by atoms with van der Waals surface area (Å²) in [7, 11) is 0. The van der Waals surface area contributed by atoms with Crippen LogP contribution in [0.5, 0.6) is 5.75 Å². The largest absolute Gasteiger partial charge is 0.491 e. The highest BCUT2D eigenvalue weighted by atomic mass is 32.2. The Bertz CT molecular complexity index is 951. The minimum atomic E-state index is -0.0998. The summed E-state index contributed by atoms with van der Waals surface area (Å²) in [5, 5.41) is 11.7. The van der Waals surface area contributed by atoms with E-state index < -0.39 is 0 Å². The maximum absolute atomic E-state index is 12.3. The van der Waals surface area contributed by atoms with E-state index in [1.807, 2.05) is 48.7 Å². The highest BCUT2D eigenvalue weighted by molar-refractivity contribution is 7.99. The van der Waals surface area contributed by atoms with Gasteiger partial charge >= 0.3 is 0 Å². The van der Waals surface area contributed by atoms with Gasteiger partial charge in [-0.15, -0.1) is 10.2 Å². The van der Waals surface area contributed by atoms with Crippen molar-refractivity contribution in [3.8, 4) is 11.4 Å². The van der Waals surface area contributed by atoms with Crippen molar-refractivity contribution >= 4 is 23.4 Å². The van der Waals surface area contributed by atoms with Gasteiger partial charge in [-0.05, 0) is 75.2 Å². The molecule has 0 fully saturated rings. The molecule has 0 aliphatic carbocycles. The Hall–Kier alpha value is -2.80. The van der Waals surface area contributed by atoms with Gasteiger partial charge in [-0.1, -0.05) is 17.8 Å². The van der Waals surface area contributed by atoms with Gasteiger partial charge in [-0.25, -0.2) is 0 Å². The highest BCUT2D eigenvalue weighted by Crippen LogP contribution is 2.22. The molecule has 1 N–H and O–H groups in total. The van der Waals surface area contributed by atoms with Gasteiger partial charge in [-0.3, -0.25) is 9.36 Å². The van der Waals surface area contributed by atoms with E-state index in [4.69, 9.17) is 4.74 Å². The number of benzene rings is 2. The Kier molecular flexibility index (Phi) is 6.36. The Morgan fingerprint density at radius 1 is 1.14 bits per heavy atom. The molecule has 0 aliphatic rings. The second-order valence-corrected chi connectivity index (χ2v) is 7.72. The van der Waals surface area contributed by atoms with Crippen molar-refractivity contribution in [2.24, 2.45) is 0 Å². The number of nitrogens with zero attached hydrogens (tertiary/aromatic N) is 3. The average molecular weight is 397 g/mol. The SMILES string of the molecule is Cc1ccc(-n2cnnc2SCC(=O)Nc2ccc(OC(C)C)cc2)cc1C. The van der Waals surface area contributed by atoms with E-state index in [2.05, 4.69) is 41.5 Å². The molecule has 3 rings (SSSR count). The summed E-state index contributed by atoms with van der Waals surface area (Å²) in [6.45, 7) is 8.10. The number of hydrogen-bond donors (Lipinski definition) is 1. The molecular formula is C21H24N4O2S. The third-order valence-electron chi connectivity index (χ3n) is 4.13. The van der Waals surface area contributed by atoms with Gasteiger partial charge in [0.25, 0.3) is 0 Å². The topological polar surface area (TPSA) is 69.0 Å². The van der Waals surface area contributed by atoms with Crippen molar-refractivity contribution in [1.82, 2.24) is 14.8 Å². The van der Waals surface area contributed by atoms with Gasteiger partial charge in [0, 0.05) is 11.4 Å². The Labute approximate surface area is 169 Å². The minimum absolute atomic E-state index is 0.0998. The summed E-state index contributed by atoms with van der Waals surface area (Å²) >= 11 is 1.35. The molecule has 28 heavy (non-hydrogen) atoms. The molecule has 1 heterocycles. The fourth-order valence-electron chi connectivity index (χ4n) is 2.59. The number of carbonyl (C=O) groups is 1. The number of thioether (sulfide) groups is 1. The van der Waals surface area contributed by atoms with Gasteiger partial charge < -0.3 is 10.1 Å². The molecule has 0 saturated carbocycles. The van der Waals surface area contributed by atoms with Crippen LogP contribution in [0.15, 0.2) is 53.9 Å². The molecule has 3 aromatic rings. The third-order valence-corrected chi connectivity index (χ3v) is 5.07. The summed E-state index contributed by atoms with van der Waals surface area (Å²) in [5.41, 5.74) is 4.15. The number of hydrogen-bond acceptors (Lipinski definition) is 5. The van der Waals surface area contributed by atoms with Gasteiger partial charge in [0.2, 0.25) is 5.91 Å². The van der Waals surface area contributed by atoms with Crippen molar-refractivity contribution in [2.75, 3.05) is 11.1 Å². The molecule has 0 unspecified atom stereocenters. The van der Waals surface area contributed by atoms with E-state index >= 15 is 0 Å². The van der Waals surface area contributed by atoms with Crippen LogP contribution in [0.4, 0.5) is 5.69 Å². The summed E-state index contributed by atoms with van der Waals surface area (Å²) in [6, 6.07) is 13.5. The first-order valence-corrected chi connectivity index (χ1v) is 10.1. The summed E-state index contributed by atoms with van der Waals surface area (Å²) in [4.78, 5) is 12.3. The maximum Gasteiger partial charge on any atom is 0.234 e. The average Bonchev–Trinajstić information content (AvgIpc) is 3.12. The molecule has 0 saturated heterocycles. The second-order valence-electron chi connectivity index (χ2n) is 6.78. The predicted octanol–water partition coefficient (Wildman–Crippen LogP) is 4.40. The maximum atomic E-state index is 12.3. The molecule has 0 spiro atoms. The first-order chi connectivity index (χ1) is 13.4. The standard InChI is InChI=1S/C21H24N4O2S/c1-14(2)27-19-9-6-17(7-10-19)23-20(26)12-28-21-24-22-13-25(21)18-8-5-15(3)16(4)11-18/h5-11,13-14H,12H2,1-4H3,(H,23,26). The van der Waals surface area contributed by atoms with Crippen molar-refractivity contribution in [3.63, 3.8) is 0 Å². The third kappa shape index (κ3) is 5.13. The van der Waals surface area contributed by atoms with E-state index in [1.54, 1.807) is 6.33 Å². The molecule has 2 aromatic carbocycles. The van der Waals surface area contributed by atoms with Crippen LogP contribution in [0, 0.1) is 13.8 Å². The number of carbonyl (C=O) groups excluding carboxylic acids is 1. The van der Waals surface area contributed by atoms with Crippen LogP contribution >= 0.6 is 11.8 Å². The van der Waals surface area contributed by atoms with E-state index in [0.29, 0.717) is 5.16 Å². The quantitative estimate of drug-likeness (QED) is 0.600.